The van der Waals surface area contributed by atoms with Crippen LogP contribution in [0.4, 0.5) is 0 Å². The van der Waals surface area contributed by atoms with Gasteiger partial charge in [0.15, 0.2) is 0 Å². The van der Waals surface area contributed by atoms with Crippen LogP contribution in [-0.2, 0) is 4.74 Å². The van der Waals surface area contributed by atoms with Crippen LogP contribution in [0.3, 0.4) is 0 Å². The van der Waals surface area contributed by atoms with Gasteiger partial charge in [-0.3, -0.25) is 0 Å². The molecule has 2 aliphatic heterocycles. The summed E-state index contributed by atoms with van der Waals surface area (Å²) in [5.41, 5.74) is 0.199. The molecule has 0 aromatic rings. The smallest absolute Gasteiger partial charge is 0.0726 e. The second-order valence-electron chi connectivity index (χ2n) is 6.48. The molecule has 0 radical (unpaired) electrons. The largest absolute Gasteiger partial charge is 0.377 e. The van der Waals surface area contributed by atoms with Gasteiger partial charge in [-0.05, 0) is 71.0 Å². The van der Waals surface area contributed by atoms with Crippen molar-refractivity contribution in [2.45, 2.75) is 58.1 Å². The predicted octanol–water partition coefficient (Wildman–Crippen LogP) is 2.17. The molecule has 0 bridgehead atoms. The number of nitrogens with one attached hydrogen (secondary N) is 2. The molecule has 106 valence electrons. The Morgan fingerprint density at radius 3 is 2.94 bits per heavy atom. The van der Waals surface area contributed by atoms with Crippen LogP contribution < -0.4 is 10.6 Å². The Bertz CT molecular complexity index is 253. The van der Waals surface area contributed by atoms with Gasteiger partial charge in [0.25, 0.3) is 0 Å². The van der Waals surface area contributed by atoms with E-state index in [4.69, 9.17) is 4.74 Å². The Labute approximate surface area is 112 Å². The summed E-state index contributed by atoms with van der Waals surface area (Å²) in [6.07, 6.45) is 5.54. The Morgan fingerprint density at radius 1 is 1.50 bits per heavy atom. The fraction of sp³-hybridized carbons (Fsp3) is 1.00. The van der Waals surface area contributed by atoms with Crippen molar-refractivity contribution in [3.05, 3.63) is 0 Å². The van der Waals surface area contributed by atoms with Crippen molar-refractivity contribution in [2.75, 3.05) is 26.2 Å². The lowest BCUT2D eigenvalue weighted by Crippen LogP contribution is -2.48. The number of piperidine rings is 1. The maximum absolute atomic E-state index is 5.67. The predicted molar refractivity (Wildman–Crippen MR) is 75.8 cm³/mol. The Balaban J connectivity index is 1.68. The lowest BCUT2D eigenvalue weighted by molar-refractivity contribution is 0.0878. The molecule has 18 heavy (non-hydrogen) atoms. The average Bonchev–Trinajstić information content (AvgIpc) is 2.71. The molecule has 2 fully saturated rings. The molecule has 2 N–H and O–H groups in total. The molecule has 4 atom stereocenters. The van der Waals surface area contributed by atoms with Gasteiger partial charge in [0.05, 0.1) is 6.10 Å². The van der Waals surface area contributed by atoms with Crippen LogP contribution in [-0.4, -0.2) is 37.9 Å². The van der Waals surface area contributed by atoms with Crippen LogP contribution in [0.5, 0.6) is 0 Å². The zero-order valence-corrected chi connectivity index (χ0v) is 12.3. The van der Waals surface area contributed by atoms with E-state index >= 15 is 0 Å². The highest BCUT2D eigenvalue weighted by Gasteiger charge is 2.36. The highest BCUT2D eigenvalue weighted by Crippen LogP contribution is 2.26. The number of rotatable bonds is 5. The van der Waals surface area contributed by atoms with Crippen LogP contribution in [0.25, 0.3) is 0 Å². The van der Waals surface area contributed by atoms with E-state index in [1.807, 2.05) is 0 Å². The molecule has 3 heteroatoms. The van der Waals surface area contributed by atoms with E-state index in [9.17, 15) is 0 Å². The molecular formula is C15H30N2O. The minimum atomic E-state index is 0.199. The van der Waals surface area contributed by atoms with E-state index in [2.05, 4.69) is 31.4 Å². The van der Waals surface area contributed by atoms with Crippen molar-refractivity contribution >= 4 is 0 Å². The first kappa shape index (κ1) is 14.3. The van der Waals surface area contributed by atoms with Crippen LogP contribution in [0.2, 0.25) is 0 Å². The molecule has 2 aliphatic rings. The third-order valence-electron chi connectivity index (χ3n) is 5.15. The molecule has 4 unspecified atom stereocenters. The summed E-state index contributed by atoms with van der Waals surface area (Å²) in [4.78, 5) is 0. The van der Waals surface area contributed by atoms with Gasteiger partial charge in [-0.25, -0.2) is 0 Å². The van der Waals surface area contributed by atoms with Crippen LogP contribution >= 0.6 is 0 Å². The molecule has 2 rings (SSSR count). The van der Waals surface area contributed by atoms with Gasteiger partial charge in [0.2, 0.25) is 0 Å². The minimum Gasteiger partial charge on any atom is -0.377 e. The van der Waals surface area contributed by atoms with Crippen LogP contribution in [0.15, 0.2) is 0 Å². The second kappa shape index (κ2) is 6.36. The molecule has 0 spiro atoms. The minimum absolute atomic E-state index is 0.199. The van der Waals surface area contributed by atoms with E-state index in [0.29, 0.717) is 6.10 Å². The summed E-state index contributed by atoms with van der Waals surface area (Å²) in [5, 5.41) is 7.25. The van der Waals surface area contributed by atoms with Gasteiger partial charge in [-0.1, -0.05) is 6.92 Å². The zero-order chi connectivity index (χ0) is 13.0. The van der Waals surface area contributed by atoms with Gasteiger partial charge in [0.1, 0.15) is 0 Å². The molecule has 0 aliphatic carbocycles. The fourth-order valence-electron chi connectivity index (χ4n) is 3.25. The summed E-state index contributed by atoms with van der Waals surface area (Å²) in [6.45, 7) is 11.4. The first-order valence-corrected chi connectivity index (χ1v) is 7.69. The van der Waals surface area contributed by atoms with Gasteiger partial charge in [-0.2, -0.15) is 0 Å². The van der Waals surface area contributed by atoms with Crippen molar-refractivity contribution in [3.63, 3.8) is 0 Å². The summed E-state index contributed by atoms with van der Waals surface area (Å²) in [5.74, 6) is 1.71. The molecule has 0 saturated carbocycles. The van der Waals surface area contributed by atoms with Crippen molar-refractivity contribution < 1.29 is 4.74 Å². The van der Waals surface area contributed by atoms with Gasteiger partial charge in [-0.15, -0.1) is 0 Å². The number of hydrogen-bond donors (Lipinski definition) is 2. The summed E-state index contributed by atoms with van der Waals surface area (Å²) >= 11 is 0. The maximum Gasteiger partial charge on any atom is 0.0726 e. The molecule has 2 saturated heterocycles. The summed E-state index contributed by atoms with van der Waals surface area (Å²) in [6, 6.07) is 0. The molecule has 0 aromatic carbocycles. The number of hydrogen-bond acceptors (Lipinski definition) is 3. The highest BCUT2D eigenvalue weighted by molar-refractivity contribution is 4.93. The van der Waals surface area contributed by atoms with Crippen molar-refractivity contribution in [3.8, 4) is 0 Å². The summed E-state index contributed by atoms with van der Waals surface area (Å²) in [7, 11) is 0. The van der Waals surface area contributed by atoms with Crippen molar-refractivity contribution in [2.24, 2.45) is 11.8 Å². The molecule has 0 amide bonds. The molecular weight excluding hydrogens is 224 g/mol. The van der Waals surface area contributed by atoms with E-state index < -0.39 is 0 Å². The van der Waals surface area contributed by atoms with Crippen LogP contribution in [0, 0.1) is 11.8 Å². The standard InChI is InChI=1S/C15H30N2O/c1-12(14-5-4-8-16-11-14)6-9-17-15(3)7-10-18-13(15)2/h12-14,16-17H,4-11H2,1-3H3. The quantitative estimate of drug-likeness (QED) is 0.789. The Hall–Kier alpha value is -0.120. The topological polar surface area (TPSA) is 33.3 Å². The first-order chi connectivity index (χ1) is 8.62. The summed E-state index contributed by atoms with van der Waals surface area (Å²) < 4.78 is 5.67. The SMILES string of the molecule is CC(CCNC1(C)CCOC1C)C1CCCNC1. The highest BCUT2D eigenvalue weighted by atomic mass is 16.5. The fourth-order valence-corrected chi connectivity index (χ4v) is 3.25. The second-order valence-corrected chi connectivity index (χ2v) is 6.48. The van der Waals surface area contributed by atoms with E-state index in [1.54, 1.807) is 0 Å². The lowest BCUT2D eigenvalue weighted by atomic mass is 9.85. The maximum atomic E-state index is 5.67. The zero-order valence-electron chi connectivity index (χ0n) is 12.3. The van der Waals surface area contributed by atoms with E-state index in [0.717, 1.165) is 31.4 Å². The van der Waals surface area contributed by atoms with Gasteiger partial charge in [0, 0.05) is 12.1 Å². The van der Waals surface area contributed by atoms with Gasteiger partial charge >= 0.3 is 0 Å². The monoisotopic (exact) mass is 254 g/mol. The van der Waals surface area contributed by atoms with E-state index in [1.165, 1.54) is 32.4 Å². The van der Waals surface area contributed by atoms with Gasteiger partial charge < -0.3 is 15.4 Å². The third-order valence-corrected chi connectivity index (χ3v) is 5.15. The lowest BCUT2D eigenvalue weighted by Gasteiger charge is -2.32. The molecule has 2 heterocycles. The Morgan fingerprint density at radius 2 is 2.33 bits per heavy atom. The van der Waals surface area contributed by atoms with Crippen molar-refractivity contribution in [1.82, 2.24) is 10.6 Å². The van der Waals surface area contributed by atoms with E-state index in [-0.39, 0.29) is 5.54 Å². The van der Waals surface area contributed by atoms with Crippen LogP contribution in [0.1, 0.15) is 46.5 Å². The van der Waals surface area contributed by atoms with Crippen molar-refractivity contribution in [1.29, 1.82) is 0 Å². The third kappa shape index (κ3) is 3.46. The Kier molecular flexibility index (Phi) is 5.05. The average molecular weight is 254 g/mol. The first-order valence-electron chi connectivity index (χ1n) is 7.69. The molecule has 0 aromatic heterocycles. The number of ether oxygens (including phenoxy) is 1. The normalized spacial score (nSPS) is 38.8. The molecule has 3 nitrogen and oxygen atoms in total.